The number of halogens is 2. The van der Waals surface area contributed by atoms with Gasteiger partial charge in [0, 0.05) is 24.3 Å². The molecule has 0 aromatic heterocycles. The van der Waals surface area contributed by atoms with E-state index in [0.717, 1.165) is 0 Å². The van der Waals surface area contributed by atoms with Crippen molar-refractivity contribution in [2.45, 2.75) is 23.1 Å². The van der Waals surface area contributed by atoms with Crippen LogP contribution in [-0.2, 0) is 0 Å². The summed E-state index contributed by atoms with van der Waals surface area (Å²) in [5.41, 5.74) is 0. The number of hydrogen-bond donors (Lipinski definition) is 0. The third kappa shape index (κ3) is 3.47. The van der Waals surface area contributed by atoms with Crippen LogP contribution in [0.15, 0.2) is 0 Å². The van der Waals surface area contributed by atoms with Gasteiger partial charge in [-0.05, 0) is 23.0 Å². The fraction of sp³-hybridized carbons (Fsp3) is 1.00. The molecule has 1 rings (SSSR count). The maximum atomic E-state index is 3.84. The van der Waals surface area contributed by atoms with Crippen LogP contribution in [0.2, 0.25) is 0 Å². The molecule has 1 aliphatic heterocycles. The average molecular weight is 329 g/mol. The molecule has 1 fully saturated rings. The lowest BCUT2D eigenvalue weighted by Crippen LogP contribution is -2.59. The first-order chi connectivity index (χ1) is 6.44. The SMILES string of the molecule is CC(Br)CC(Br)[N+]1(C)CCN(C)CC1. The highest BCUT2D eigenvalue weighted by atomic mass is 79.9. The van der Waals surface area contributed by atoms with E-state index in [1.165, 1.54) is 37.1 Å². The number of quaternary nitrogens is 1. The van der Waals surface area contributed by atoms with Crippen LogP contribution in [0.5, 0.6) is 0 Å². The van der Waals surface area contributed by atoms with Crippen molar-refractivity contribution in [1.82, 2.24) is 4.90 Å². The highest BCUT2D eigenvalue weighted by molar-refractivity contribution is 9.10. The molecular weight excluding hydrogens is 308 g/mol. The lowest BCUT2D eigenvalue weighted by Gasteiger charge is -2.44. The van der Waals surface area contributed by atoms with Crippen molar-refractivity contribution >= 4 is 31.9 Å². The molecule has 0 spiro atoms. The van der Waals surface area contributed by atoms with Gasteiger partial charge in [-0.15, -0.1) is 0 Å². The zero-order valence-electron chi connectivity index (χ0n) is 9.34. The van der Waals surface area contributed by atoms with Gasteiger partial charge in [-0.25, -0.2) is 0 Å². The highest BCUT2D eigenvalue weighted by Gasteiger charge is 2.34. The van der Waals surface area contributed by atoms with E-state index in [9.17, 15) is 0 Å². The van der Waals surface area contributed by atoms with Crippen molar-refractivity contribution in [1.29, 1.82) is 0 Å². The van der Waals surface area contributed by atoms with Crippen LogP contribution in [-0.4, -0.2) is 59.4 Å². The molecule has 0 radical (unpaired) electrons. The second-order valence-electron chi connectivity index (χ2n) is 4.68. The summed E-state index contributed by atoms with van der Waals surface area (Å²) in [7, 11) is 4.57. The lowest BCUT2D eigenvalue weighted by molar-refractivity contribution is -0.921. The Labute approximate surface area is 104 Å². The summed E-state index contributed by atoms with van der Waals surface area (Å²) in [4.78, 5) is 3.60. The number of rotatable bonds is 3. The van der Waals surface area contributed by atoms with E-state index in [1.54, 1.807) is 0 Å². The minimum atomic E-state index is 0.588. The van der Waals surface area contributed by atoms with Crippen LogP contribution in [0.1, 0.15) is 13.3 Å². The van der Waals surface area contributed by atoms with Crippen molar-refractivity contribution in [3.05, 3.63) is 0 Å². The number of nitrogens with zero attached hydrogens (tertiary/aromatic N) is 2. The van der Waals surface area contributed by atoms with E-state index in [2.05, 4.69) is 57.8 Å². The predicted octanol–water partition coefficient (Wildman–Crippen LogP) is 2.27. The monoisotopic (exact) mass is 327 g/mol. The third-order valence-electron chi connectivity index (χ3n) is 3.18. The zero-order valence-corrected chi connectivity index (χ0v) is 12.5. The largest absolute Gasteiger partial charge is 0.313 e. The van der Waals surface area contributed by atoms with E-state index in [-0.39, 0.29) is 0 Å². The molecule has 4 heteroatoms. The Morgan fingerprint density at radius 2 is 1.79 bits per heavy atom. The third-order valence-corrected chi connectivity index (χ3v) is 4.92. The molecule has 0 aliphatic carbocycles. The van der Waals surface area contributed by atoms with Gasteiger partial charge < -0.3 is 4.48 Å². The fourth-order valence-corrected chi connectivity index (χ4v) is 3.65. The molecule has 0 saturated carbocycles. The van der Waals surface area contributed by atoms with Crippen LogP contribution in [0, 0.1) is 0 Å². The number of piperazine rings is 1. The lowest BCUT2D eigenvalue weighted by atomic mass is 10.2. The van der Waals surface area contributed by atoms with Gasteiger partial charge in [-0.2, -0.15) is 0 Å². The fourth-order valence-electron chi connectivity index (χ4n) is 1.82. The predicted molar refractivity (Wildman–Crippen MR) is 69.1 cm³/mol. The molecular formula is C10H21Br2N2+. The van der Waals surface area contributed by atoms with Crippen LogP contribution >= 0.6 is 31.9 Å². The van der Waals surface area contributed by atoms with Crippen molar-refractivity contribution in [3.63, 3.8) is 0 Å². The Hall–Kier alpha value is 0.880. The van der Waals surface area contributed by atoms with Gasteiger partial charge in [0.05, 0.1) is 20.1 Å². The summed E-state index contributed by atoms with van der Waals surface area (Å²) in [6.45, 7) is 7.17. The average Bonchev–Trinajstić information content (AvgIpc) is 2.09. The Morgan fingerprint density at radius 1 is 1.29 bits per heavy atom. The highest BCUT2D eigenvalue weighted by Crippen LogP contribution is 2.25. The van der Waals surface area contributed by atoms with Gasteiger partial charge in [0.25, 0.3) is 0 Å². The van der Waals surface area contributed by atoms with Gasteiger partial charge in [0.2, 0.25) is 0 Å². The maximum absolute atomic E-state index is 3.84. The van der Waals surface area contributed by atoms with Crippen LogP contribution in [0.3, 0.4) is 0 Å². The molecule has 1 aliphatic rings. The molecule has 14 heavy (non-hydrogen) atoms. The van der Waals surface area contributed by atoms with E-state index in [1.807, 2.05) is 0 Å². The molecule has 0 amide bonds. The summed E-state index contributed by atoms with van der Waals surface area (Å²) in [6.07, 6.45) is 1.19. The maximum Gasteiger partial charge on any atom is 0.145 e. The van der Waals surface area contributed by atoms with E-state index in [0.29, 0.717) is 9.78 Å². The van der Waals surface area contributed by atoms with Gasteiger partial charge in [0.1, 0.15) is 4.95 Å². The quantitative estimate of drug-likeness (QED) is 0.436. The molecule has 2 unspecified atom stereocenters. The van der Waals surface area contributed by atoms with Crippen molar-refractivity contribution in [2.24, 2.45) is 0 Å². The molecule has 0 N–H and O–H groups in total. The number of likely N-dealkylation sites (N-methyl/N-ethyl adjacent to an activating group) is 2. The van der Waals surface area contributed by atoms with E-state index < -0.39 is 0 Å². The van der Waals surface area contributed by atoms with Crippen molar-refractivity contribution < 1.29 is 4.48 Å². The van der Waals surface area contributed by atoms with Crippen LogP contribution in [0.4, 0.5) is 0 Å². The molecule has 0 aromatic rings. The summed E-state index contributed by atoms with van der Waals surface area (Å²) in [5.74, 6) is 0. The molecule has 84 valence electrons. The summed E-state index contributed by atoms with van der Waals surface area (Å²) >= 11 is 7.47. The molecule has 2 nitrogen and oxygen atoms in total. The first-order valence-corrected chi connectivity index (χ1v) is 7.08. The van der Waals surface area contributed by atoms with Crippen molar-refractivity contribution in [3.8, 4) is 0 Å². The first kappa shape index (κ1) is 12.9. The molecule has 0 aromatic carbocycles. The van der Waals surface area contributed by atoms with Crippen LogP contribution in [0.25, 0.3) is 0 Å². The zero-order chi connectivity index (χ0) is 10.8. The Balaban J connectivity index is 2.48. The Kier molecular flexibility index (Phi) is 4.88. The van der Waals surface area contributed by atoms with Gasteiger partial charge in [0.15, 0.2) is 0 Å². The smallest absolute Gasteiger partial charge is 0.145 e. The summed E-state index contributed by atoms with van der Waals surface area (Å²) in [5, 5.41) is 0. The van der Waals surface area contributed by atoms with Gasteiger partial charge >= 0.3 is 0 Å². The second kappa shape index (κ2) is 5.28. The van der Waals surface area contributed by atoms with E-state index >= 15 is 0 Å². The summed E-state index contributed by atoms with van der Waals surface area (Å²) < 4.78 is 1.17. The van der Waals surface area contributed by atoms with Crippen LogP contribution < -0.4 is 0 Å². The summed E-state index contributed by atoms with van der Waals surface area (Å²) in [6, 6.07) is 0. The molecule has 2 atom stereocenters. The Bertz CT molecular complexity index is 177. The van der Waals surface area contributed by atoms with Crippen molar-refractivity contribution in [2.75, 3.05) is 40.3 Å². The van der Waals surface area contributed by atoms with Gasteiger partial charge in [-0.3, -0.25) is 4.90 Å². The topological polar surface area (TPSA) is 3.24 Å². The first-order valence-electron chi connectivity index (χ1n) is 5.25. The molecule has 1 saturated heterocycles. The van der Waals surface area contributed by atoms with Gasteiger partial charge in [-0.1, -0.05) is 22.9 Å². The minimum absolute atomic E-state index is 0.588. The number of alkyl halides is 2. The molecule has 1 heterocycles. The van der Waals surface area contributed by atoms with E-state index in [4.69, 9.17) is 0 Å². The second-order valence-corrected chi connectivity index (χ2v) is 7.30. The molecule has 0 bridgehead atoms. The number of hydrogen-bond acceptors (Lipinski definition) is 1. The normalized spacial score (nSPS) is 27.2. The minimum Gasteiger partial charge on any atom is -0.313 e. The Morgan fingerprint density at radius 3 is 2.21 bits per heavy atom. The standard InChI is InChI=1S/C10H21Br2N2/c1-9(11)8-10(12)14(3)6-4-13(2)5-7-14/h9-10H,4-8H2,1-3H3/q+1.